The van der Waals surface area contributed by atoms with E-state index >= 15 is 0 Å². The number of hydrogen-bond donors (Lipinski definition) is 2. The number of carbonyl (C=O) groups is 1. The fraction of sp³-hybridized carbons (Fsp3) is 0.438. The van der Waals surface area contributed by atoms with E-state index in [1.54, 1.807) is 0 Å². The average molecular weight is 306 g/mol. The minimum absolute atomic E-state index is 0.125. The molecule has 0 saturated heterocycles. The molecule has 0 spiro atoms. The molecule has 114 valence electrons. The predicted octanol–water partition coefficient (Wildman–Crippen LogP) is 3.19. The lowest BCUT2D eigenvalue weighted by atomic mass is 10.1. The summed E-state index contributed by atoms with van der Waals surface area (Å²) in [4.78, 5) is 12.8. The molecule has 2 rings (SSSR count). The van der Waals surface area contributed by atoms with Gasteiger partial charge in [0.05, 0.1) is 12.3 Å². The molecule has 0 aliphatic rings. The molecule has 1 aromatic carbocycles. The van der Waals surface area contributed by atoms with Crippen LogP contribution in [-0.4, -0.2) is 25.7 Å². The normalized spacial score (nSPS) is 11.2. The first kappa shape index (κ1) is 15.8. The molecule has 3 N–H and O–H groups in total. The van der Waals surface area contributed by atoms with Gasteiger partial charge in [-0.15, -0.1) is 11.3 Å². The molecule has 0 atom stereocenters. The molecule has 0 unspecified atom stereocenters. The van der Waals surface area contributed by atoms with Crippen LogP contribution in [0, 0.1) is 12.8 Å². The minimum Gasteiger partial charge on any atom is -0.397 e. The van der Waals surface area contributed by atoms with Crippen LogP contribution >= 0.6 is 11.3 Å². The average Bonchev–Trinajstić information content (AvgIpc) is 2.74. The Balaban J connectivity index is 1.98. The van der Waals surface area contributed by atoms with E-state index in [0.29, 0.717) is 36.2 Å². The van der Waals surface area contributed by atoms with Gasteiger partial charge in [0.25, 0.3) is 5.91 Å². The quantitative estimate of drug-likeness (QED) is 0.806. The Labute approximate surface area is 129 Å². The second-order valence-electron chi connectivity index (χ2n) is 5.57. The fourth-order valence-corrected chi connectivity index (χ4v) is 3.17. The minimum atomic E-state index is -0.125. The molecule has 2 aromatic rings. The summed E-state index contributed by atoms with van der Waals surface area (Å²) in [6, 6.07) is 6.03. The summed E-state index contributed by atoms with van der Waals surface area (Å²) < 4.78 is 6.49. The molecular weight excluding hydrogens is 284 g/mol. The molecule has 4 nitrogen and oxygen atoms in total. The molecule has 0 radical (unpaired) electrons. The summed E-state index contributed by atoms with van der Waals surface area (Å²) in [6.07, 6.45) is 0. The van der Waals surface area contributed by atoms with E-state index in [1.165, 1.54) is 11.3 Å². The summed E-state index contributed by atoms with van der Waals surface area (Å²) in [5.41, 5.74) is 7.81. The van der Waals surface area contributed by atoms with E-state index in [-0.39, 0.29) is 5.91 Å². The van der Waals surface area contributed by atoms with Crippen LogP contribution in [0.2, 0.25) is 0 Å². The van der Waals surface area contributed by atoms with E-state index in [0.717, 1.165) is 15.6 Å². The molecule has 1 aromatic heterocycles. The highest BCUT2D eigenvalue weighted by Crippen LogP contribution is 2.33. The van der Waals surface area contributed by atoms with Gasteiger partial charge >= 0.3 is 0 Å². The third-order valence-electron chi connectivity index (χ3n) is 3.07. The monoisotopic (exact) mass is 306 g/mol. The van der Waals surface area contributed by atoms with Crippen molar-refractivity contribution in [1.29, 1.82) is 0 Å². The number of ether oxygens (including phenoxy) is 1. The first-order valence-electron chi connectivity index (χ1n) is 7.13. The molecule has 0 fully saturated rings. The molecular formula is C16H22N2O2S. The van der Waals surface area contributed by atoms with Gasteiger partial charge < -0.3 is 15.8 Å². The van der Waals surface area contributed by atoms with E-state index in [2.05, 4.69) is 25.2 Å². The zero-order valence-electron chi connectivity index (χ0n) is 12.7. The van der Waals surface area contributed by atoms with Crippen molar-refractivity contribution >= 4 is 33.0 Å². The Bertz CT molecular complexity index is 634. The van der Waals surface area contributed by atoms with Crippen molar-refractivity contribution in [2.45, 2.75) is 20.8 Å². The number of amides is 1. The molecule has 21 heavy (non-hydrogen) atoms. The van der Waals surface area contributed by atoms with Crippen LogP contribution in [0.3, 0.4) is 0 Å². The molecule has 0 saturated carbocycles. The fourth-order valence-electron chi connectivity index (χ4n) is 2.03. The summed E-state index contributed by atoms with van der Waals surface area (Å²) in [6.45, 7) is 7.95. The van der Waals surface area contributed by atoms with Crippen molar-refractivity contribution < 1.29 is 9.53 Å². The number of nitrogens with one attached hydrogen (secondary N) is 1. The topological polar surface area (TPSA) is 64.4 Å². The van der Waals surface area contributed by atoms with Gasteiger partial charge in [-0.2, -0.15) is 0 Å². The lowest BCUT2D eigenvalue weighted by molar-refractivity contribution is 0.0890. The summed E-state index contributed by atoms with van der Waals surface area (Å²) in [5.74, 6) is 0.377. The van der Waals surface area contributed by atoms with Gasteiger partial charge in [-0.25, -0.2) is 0 Å². The van der Waals surface area contributed by atoms with E-state index in [9.17, 15) is 4.79 Å². The highest BCUT2D eigenvalue weighted by atomic mass is 32.1. The lowest BCUT2D eigenvalue weighted by Gasteiger charge is -2.07. The number of nitrogens with two attached hydrogens (primary N) is 1. The number of nitrogen functional groups attached to an aromatic ring is 1. The number of benzene rings is 1. The van der Waals surface area contributed by atoms with Crippen molar-refractivity contribution in [1.82, 2.24) is 5.32 Å². The molecule has 0 aliphatic carbocycles. The second kappa shape index (κ2) is 6.91. The van der Waals surface area contributed by atoms with Crippen LogP contribution < -0.4 is 11.1 Å². The molecule has 1 heterocycles. The third kappa shape index (κ3) is 3.95. The van der Waals surface area contributed by atoms with Crippen molar-refractivity contribution in [2.75, 3.05) is 25.5 Å². The zero-order chi connectivity index (χ0) is 15.4. The van der Waals surface area contributed by atoms with E-state index in [4.69, 9.17) is 10.5 Å². The van der Waals surface area contributed by atoms with Gasteiger partial charge in [0.15, 0.2) is 0 Å². The number of aryl methyl sites for hydroxylation is 1. The van der Waals surface area contributed by atoms with Gasteiger partial charge in [0, 0.05) is 23.2 Å². The first-order chi connectivity index (χ1) is 9.99. The summed E-state index contributed by atoms with van der Waals surface area (Å²) in [7, 11) is 0. The maximum Gasteiger partial charge on any atom is 0.263 e. The van der Waals surface area contributed by atoms with Crippen LogP contribution in [0.25, 0.3) is 10.1 Å². The Kier molecular flexibility index (Phi) is 5.20. The third-order valence-corrected chi connectivity index (χ3v) is 4.24. The van der Waals surface area contributed by atoms with Crippen LogP contribution in [0.5, 0.6) is 0 Å². The number of anilines is 1. The van der Waals surface area contributed by atoms with Gasteiger partial charge in [-0.1, -0.05) is 26.0 Å². The largest absolute Gasteiger partial charge is 0.397 e. The summed E-state index contributed by atoms with van der Waals surface area (Å²) >= 11 is 1.44. The van der Waals surface area contributed by atoms with Crippen LogP contribution in [0.1, 0.15) is 29.1 Å². The molecule has 1 amide bonds. The number of rotatable bonds is 6. The Morgan fingerprint density at radius 3 is 2.90 bits per heavy atom. The van der Waals surface area contributed by atoms with Gasteiger partial charge in [0.1, 0.15) is 4.88 Å². The number of hydrogen-bond acceptors (Lipinski definition) is 4. The standard InChI is InChI=1S/C16H22N2O2S/c1-10(2)9-20-7-6-18-16(19)15-14(17)12-5-4-11(3)8-13(12)21-15/h4-5,8,10H,6-7,9,17H2,1-3H3,(H,18,19). The smallest absolute Gasteiger partial charge is 0.263 e. The van der Waals surface area contributed by atoms with Crippen molar-refractivity contribution in [3.63, 3.8) is 0 Å². The number of carbonyl (C=O) groups excluding carboxylic acids is 1. The predicted molar refractivity (Wildman–Crippen MR) is 89.0 cm³/mol. The highest BCUT2D eigenvalue weighted by Gasteiger charge is 2.15. The Morgan fingerprint density at radius 2 is 2.19 bits per heavy atom. The lowest BCUT2D eigenvalue weighted by Crippen LogP contribution is -2.27. The zero-order valence-corrected chi connectivity index (χ0v) is 13.5. The van der Waals surface area contributed by atoms with Crippen molar-refractivity contribution in [2.24, 2.45) is 5.92 Å². The SMILES string of the molecule is Cc1ccc2c(N)c(C(=O)NCCOCC(C)C)sc2c1. The van der Waals surface area contributed by atoms with Crippen LogP contribution in [-0.2, 0) is 4.74 Å². The maximum atomic E-state index is 12.2. The first-order valence-corrected chi connectivity index (χ1v) is 7.95. The van der Waals surface area contributed by atoms with E-state index < -0.39 is 0 Å². The molecule has 0 aliphatic heterocycles. The molecule has 5 heteroatoms. The van der Waals surface area contributed by atoms with Gasteiger partial charge in [0.2, 0.25) is 0 Å². The Morgan fingerprint density at radius 1 is 1.43 bits per heavy atom. The summed E-state index contributed by atoms with van der Waals surface area (Å²) in [5, 5.41) is 3.81. The highest BCUT2D eigenvalue weighted by molar-refractivity contribution is 7.21. The number of thiophene rings is 1. The molecule has 0 bridgehead atoms. The van der Waals surface area contributed by atoms with Crippen molar-refractivity contribution in [3.05, 3.63) is 28.6 Å². The number of fused-ring (bicyclic) bond motifs is 1. The maximum absolute atomic E-state index is 12.2. The van der Waals surface area contributed by atoms with Gasteiger partial charge in [-0.05, 0) is 24.5 Å². The van der Waals surface area contributed by atoms with Crippen molar-refractivity contribution in [3.8, 4) is 0 Å². The van der Waals surface area contributed by atoms with E-state index in [1.807, 2.05) is 19.1 Å². The Hall–Kier alpha value is -1.59. The van der Waals surface area contributed by atoms with Crippen LogP contribution in [0.15, 0.2) is 18.2 Å². The van der Waals surface area contributed by atoms with Gasteiger partial charge in [-0.3, -0.25) is 4.79 Å². The second-order valence-corrected chi connectivity index (χ2v) is 6.62. The van der Waals surface area contributed by atoms with Crippen LogP contribution in [0.4, 0.5) is 5.69 Å².